The van der Waals surface area contributed by atoms with Crippen molar-refractivity contribution in [1.82, 2.24) is 24.5 Å². The van der Waals surface area contributed by atoms with Gasteiger partial charge in [0.2, 0.25) is 11.8 Å². The lowest BCUT2D eigenvalue weighted by Crippen LogP contribution is -2.62. The SMILES string of the molecule is CC1NCc2sc(C(=O)N3C(CC(N)=O)CN(S(=O)(=O)c4cc5cc(Cl)ccc5[nH]4)CC3CC(N)=O)nc2C1C. The fourth-order valence-corrected chi connectivity index (χ4v) is 8.18. The number of sulfonamides is 1. The van der Waals surface area contributed by atoms with Crippen LogP contribution < -0.4 is 16.8 Å². The quantitative estimate of drug-likeness (QED) is 0.313. The molecule has 1 saturated heterocycles. The van der Waals surface area contributed by atoms with Gasteiger partial charge in [0.15, 0.2) is 5.01 Å². The summed E-state index contributed by atoms with van der Waals surface area (Å²) in [5.74, 6) is -1.85. The molecule has 0 saturated carbocycles. The third-order valence-electron chi connectivity index (χ3n) is 7.58. The monoisotopic (exact) mass is 607 g/mol. The maximum atomic E-state index is 13.9. The molecule has 6 N–H and O–H groups in total. The van der Waals surface area contributed by atoms with E-state index < -0.39 is 39.8 Å². The molecule has 0 radical (unpaired) electrons. The molecule has 0 bridgehead atoms. The van der Waals surface area contributed by atoms with Crippen LogP contribution in [0.4, 0.5) is 0 Å². The first-order chi connectivity index (χ1) is 18.8. The third-order valence-corrected chi connectivity index (χ3v) is 10.6. The van der Waals surface area contributed by atoms with Gasteiger partial charge in [-0.1, -0.05) is 18.5 Å². The molecule has 2 aromatic heterocycles. The lowest BCUT2D eigenvalue weighted by Gasteiger charge is -2.45. The Kier molecular flexibility index (Phi) is 7.65. The Bertz CT molecular complexity index is 1580. The molecule has 4 atom stereocenters. The number of piperazine rings is 1. The molecule has 15 heteroatoms. The number of hydrogen-bond donors (Lipinski definition) is 4. The fourth-order valence-electron chi connectivity index (χ4n) is 5.41. The van der Waals surface area contributed by atoms with E-state index >= 15 is 0 Å². The summed E-state index contributed by atoms with van der Waals surface area (Å²) < 4.78 is 28.7. The van der Waals surface area contributed by atoms with Crippen molar-refractivity contribution in [3.63, 3.8) is 0 Å². The van der Waals surface area contributed by atoms with Crippen molar-refractivity contribution in [1.29, 1.82) is 0 Å². The number of amides is 3. The van der Waals surface area contributed by atoms with Gasteiger partial charge >= 0.3 is 0 Å². The number of H-pyrrole nitrogens is 1. The largest absolute Gasteiger partial charge is 0.370 e. The van der Waals surface area contributed by atoms with Crippen molar-refractivity contribution < 1.29 is 22.8 Å². The average Bonchev–Trinajstić information content (AvgIpc) is 3.50. The minimum atomic E-state index is -4.13. The van der Waals surface area contributed by atoms with E-state index in [1.165, 1.54) is 22.3 Å². The van der Waals surface area contributed by atoms with Crippen LogP contribution in [-0.2, 0) is 26.2 Å². The molecule has 214 valence electrons. The average molecular weight is 608 g/mol. The van der Waals surface area contributed by atoms with Crippen LogP contribution in [0.1, 0.15) is 53.0 Å². The molecule has 4 unspecified atom stereocenters. The van der Waals surface area contributed by atoms with Gasteiger partial charge in [-0.3, -0.25) is 14.4 Å². The number of nitrogens with one attached hydrogen (secondary N) is 2. The van der Waals surface area contributed by atoms with Crippen molar-refractivity contribution in [3.05, 3.63) is 44.9 Å². The Labute approximate surface area is 240 Å². The van der Waals surface area contributed by atoms with Gasteiger partial charge in [0.05, 0.1) is 17.8 Å². The lowest BCUT2D eigenvalue weighted by atomic mass is 9.95. The Balaban J connectivity index is 1.51. The second-order valence-electron chi connectivity index (χ2n) is 10.3. The second-order valence-corrected chi connectivity index (χ2v) is 13.8. The number of halogens is 1. The zero-order valence-electron chi connectivity index (χ0n) is 21.9. The number of fused-ring (bicyclic) bond motifs is 2. The zero-order chi connectivity index (χ0) is 28.9. The van der Waals surface area contributed by atoms with Crippen molar-refractivity contribution >= 4 is 61.6 Å². The van der Waals surface area contributed by atoms with E-state index in [2.05, 4.69) is 15.3 Å². The van der Waals surface area contributed by atoms with Gasteiger partial charge in [0, 0.05) is 65.2 Å². The van der Waals surface area contributed by atoms with Crippen LogP contribution >= 0.6 is 22.9 Å². The highest BCUT2D eigenvalue weighted by Gasteiger charge is 2.44. The first-order valence-electron chi connectivity index (χ1n) is 12.8. The number of benzene rings is 1. The van der Waals surface area contributed by atoms with Gasteiger partial charge in [0.25, 0.3) is 15.9 Å². The molecular formula is C25H30ClN7O5S2. The third kappa shape index (κ3) is 5.33. The Morgan fingerprint density at radius 1 is 1.10 bits per heavy atom. The topological polar surface area (TPSA) is 185 Å². The number of nitrogens with two attached hydrogens (primary N) is 2. The summed E-state index contributed by atoms with van der Waals surface area (Å²) in [6.45, 7) is 4.23. The minimum absolute atomic E-state index is 0.0802. The van der Waals surface area contributed by atoms with E-state index in [1.807, 2.05) is 13.8 Å². The van der Waals surface area contributed by atoms with Gasteiger partial charge in [-0.2, -0.15) is 4.31 Å². The summed E-state index contributed by atoms with van der Waals surface area (Å²) in [5, 5.41) is 4.57. The molecule has 1 aromatic carbocycles. The molecule has 3 amide bonds. The van der Waals surface area contributed by atoms with Crippen molar-refractivity contribution in [2.24, 2.45) is 11.5 Å². The number of carbonyl (C=O) groups is 3. The normalized spacial score (nSPS) is 23.7. The smallest absolute Gasteiger partial charge is 0.283 e. The van der Waals surface area contributed by atoms with Crippen LogP contribution in [0.2, 0.25) is 5.02 Å². The van der Waals surface area contributed by atoms with Crippen LogP contribution in [0.15, 0.2) is 29.3 Å². The molecule has 1 fully saturated rings. The Hall–Kier alpha value is -3.04. The fraction of sp³-hybridized carbons (Fsp3) is 0.440. The maximum Gasteiger partial charge on any atom is 0.283 e. The molecular weight excluding hydrogens is 578 g/mol. The molecule has 40 heavy (non-hydrogen) atoms. The molecule has 12 nitrogen and oxygen atoms in total. The van der Waals surface area contributed by atoms with Crippen molar-refractivity contribution in [3.8, 4) is 0 Å². The standard InChI is InChI=1S/C25H30ClN7O5S2/c1-12-13(2)29-9-19-23(12)31-24(39-19)25(36)33-16(7-20(27)34)10-32(11-17(33)8-21(28)35)40(37,38)22-6-14-5-15(26)3-4-18(14)30-22/h3-6,12-13,16-17,29-30H,7-11H2,1-2H3,(H2,27,34)(H2,28,35). The maximum absolute atomic E-state index is 13.9. The molecule has 2 aliphatic heterocycles. The van der Waals surface area contributed by atoms with Gasteiger partial charge in [-0.05, 0) is 31.2 Å². The van der Waals surface area contributed by atoms with E-state index in [0.29, 0.717) is 22.5 Å². The van der Waals surface area contributed by atoms with E-state index in [1.54, 1.807) is 18.2 Å². The Morgan fingerprint density at radius 3 is 2.38 bits per heavy atom. The molecule has 5 rings (SSSR count). The van der Waals surface area contributed by atoms with Gasteiger partial charge < -0.3 is 26.7 Å². The van der Waals surface area contributed by atoms with E-state index in [0.717, 1.165) is 14.9 Å². The minimum Gasteiger partial charge on any atom is -0.370 e. The van der Waals surface area contributed by atoms with Crippen LogP contribution in [0.3, 0.4) is 0 Å². The number of thiazole rings is 1. The summed E-state index contributed by atoms with van der Waals surface area (Å²) in [5.41, 5.74) is 12.5. The number of aromatic nitrogens is 2. The number of hydrogen-bond acceptors (Lipinski definition) is 8. The number of primary amides is 2. The highest BCUT2D eigenvalue weighted by atomic mass is 35.5. The number of aromatic amines is 1. The van der Waals surface area contributed by atoms with Gasteiger partial charge in [0.1, 0.15) is 5.03 Å². The summed E-state index contributed by atoms with van der Waals surface area (Å²) in [7, 11) is -4.13. The van der Waals surface area contributed by atoms with Crippen LogP contribution in [0.25, 0.3) is 10.9 Å². The molecule has 3 aromatic rings. The summed E-state index contributed by atoms with van der Waals surface area (Å²) >= 11 is 7.31. The Morgan fingerprint density at radius 2 is 1.75 bits per heavy atom. The second kappa shape index (κ2) is 10.7. The van der Waals surface area contributed by atoms with Crippen LogP contribution in [0.5, 0.6) is 0 Å². The molecule has 2 aliphatic rings. The summed E-state index contributed by atoms with van der Waals surface area (Å²) in [6, 6.07) is 4.72. The predicted octanol–water partition coefficient (Wildman–Crippen LogP) is 1.51. The van der Waals surface area contributed by atoms with E-state index in [9.17, 15) is 22.8 Å². The van der Waals surface area contributed by atoms with Crippen molar-refractivity contribution in [2.75, 3.05) is 13.1 Å². The molecule has 0 spiro atoms. The zero-order valence-corrected chi connectivity index (χ0v) is 24.3. The van der Waals surface area contributed by atoms with E-state index in [-0.39, 0.29) is 47.9 Å². The summed E-state index contributed by atoms with van der Waals surface area (Å²) in [6.07, 6.45) is -0.620. The van der Waals surface area contributed by atoms with Gasteiger partial charge in [-0.15, -0.1) is 11.3 Å². The van der Waals surface area contributed by atoms with E-state index in [4.69, 9.17) is 23.1 Å². The van der Waals surface area contributed by atoms with Crippen LogP contribution in [0, 0.1) is 0 Å². The van der Waals surface area contributed by atoms with Gasteiger partial charge in [-0.25, -0.2) is 13.4 Å². The number of rotatable bonds is 7. The summed E-state index contributed by atoms with van der Waals surface area (Å²) in [4.78, 5) is 48.0. The molecule has 0 aliphatic carbocycles. The lowest BCUT2D eigenvalue weighted by molar-refractivity contribution is -0.120. The molecule has 4 heterocycles. The first kappa shape index (κ1) is 28.5. The van der Waals surface area contributed by atoms with Crippen molar-refractivity contribution in [2.45, 2.75) is 62.3 Å². The number of nitrogens with zero attached hydrogens (tertiary/aromatic N) is 3. The first-order valence-corrected chi connectivity index (χ1v) is 15.4. The predicted molar refractivity (Wildman–Crippen MR) is 150 cm³/mol. The highest BCUT2D eigenvalue weighted by Crippen LogP contribution is 2.34. The number of carbonyl (C=O) groups excluding carboxylic acids is 3. The van der Waals surface area contributed by atoms with Crippen LogP contribution in [-0.4, -0.2) is 76.5 Å². The highest BCUT2D eigenvalue weighted by molar-refractivity contribution is 7.89.